The SMILES string of the molecule is CNCc1ccc(C#Cc2cnn(C)c2)cn1. The molecule has 4 nitrogen and oxygen atoms in total. The van der Waals surface area contributed by atoms with E-state index in [-0.39, 0.29) is 0 Å². The molecule has 86 valence electrons. The average molecular weight is 226 g/mol. The molecule has 0 aliphatic heterocycles. The van der Waals surface area contributed by atoms with Gasteiger partial charge in [-0.25, -0.2) is 0 Å². The molecule has 0 fully saturated rings. The van der Waals surface area contributed by atoms with E-state index in [1.807, 2.05) is 32.4 Å². The van der Waals surface area contributed by atoms with Gasteiger partial charge in [0.2, 0.25) is 0 Å². The number of hydrogen-bond donors (Lipinski definition) is 1. The average Bonchev–Trinajstić information content (AvgIpc) is 2.75. The molecule has 4 heteroatoms. The summed E-state index contributed by atoms with van der Waals surface area (Å²) >= 11 is 0. The fourth-order valence-electron chi connectivity index (χ4n) is 1.41. The Morgan fingerprint density at radius 1 is 1.24 bits per heavy atom. The molecule has 0 radical (unpaired) electrons. The monoisotopic (exact) mass is 226 g/mol. The van der Waals surface area contributed by atoms with Crippen molar-refractivity contribution in [3.8, 4) is 11.8 Å². The molecular formula is C13H14N4. The number of aromatic nitrogens is 3. The summed E-state index contributed by atoms with van der Waals surface area (Å²) in [4.78, 5) is 4.30. The zero-order valence-electron chi connectivity index (χ0n) is 9.94. The van der Waals surface area contributed by atoms with Crippen LogP contribution in [0.2, 0.25) is 0 Å². The van der Waals surface area contributed by atoms with Crippen molar-refractivity contribution in [1.82, 2.24) is 20.1 Å². The molecule has 0 aliphatic rings. The van der Waals surface area contributed by atoms with Gasteiger partial charge >= 0.3 is 0 Å². The highest BCUT2D eigenvalue weighted by molar-refractivity contribution is 5.40. The van der Waals surface area contributed by atoms with Crippen molar-refractivity contribution in [3.05, 3.63) is 47.5 Å². The molecule has 0 saturated carbocycles. The predicted octanol–water partition coefficient (Wildman–Crippen LogP) is 0.934. The summed E-state index contributed by atoms with van der Waals surface area (Å²) < 4.78 is 1.73. The lowest BCUT2D eigenvalue weighted by molar-refractivity contribution is 0.767. The summed E-state index contributed by atoms with van der Waals surface area (Å²) in [7, 11) is 3.77. The third-order valence-electron chi connectivity index (χ3n) is 2.24. The van der Waals surface area contributed by atoms with Crippen LogP contribution in [0.15, 0.2) is 30.7 Å². The summed E-state index contributed by atoms with van der Waals surface area (Å²) in [6, 6.07) is 3.95. The molecule has 2 rings (SSSR count). The summed E-state index contributed by atoms with van der Waals surface area (Å²) in [5.74, 6) is 6.10. The molecule has 0 aliphatic carbocycles. The molecule has 17 heavy (non-hydrogen) atoms. The van der Waals surface area contributed by atoms with Crippen molar-refractivity contribution >= 4 is 0 Å². The Bertz CT molecular complexity index is 543. The normalized spacial score (nSPS) is 9.76. The third-order valence-corrected chi connectivity index (χ3v) is 2.24. The van der Waals surface area contributed by atoms with Crippen LogP contribution in [0.1, 0.15) is 16.8 Å². The largest absolute Gasteiger partial charge is 0.314 e. The number of nitrogens with zero attached hydrogens (tertiary/aromatic N) is 3. The van der Waals surface area contributed by atoms with Crippen LogP contribution in [0, 0.1) is 11.8 Å². The molecule has 0 atom stereocenters. The second kappa shape index (κ2) is 5.28. The van der Waals surface area contributed by atoms with Gasteiger partial charge in [-0.2, -0.15) is 5.10 Å². The van der Waals surface area contributed by atoms with Crippen molar-refractivity contribution in [1.29, 1.82) is 0 Å². The maximum absolute atomic E-state index is 4.30. The van der Waals surface area contributed by atoms with Crippen LogP contribution in [0.4, 0.5) is 0 Å². The minimum absolute atomic E-state index is 0.774. The Labute approximate surface area is 101 Å². The summed E-state index contributed by atoms with van der Waals surface area (Å²) in [6.07, 6.45) is 5.42. The number of aryl methyl sites for hydroxylation is 1. The molecule has 0 amide bonds. The standard InChI is InChI=1S/C13H14N4/c1-14-9-13-6-5-11(7-15-13)3-4-12-8-16-17(2)10-12/h5-8,10,14H,9H2,1-2H3. The van der Waals surface area contributed by atoms with E-state index in [1.54, 1.807) is 17.1 Å². The fraction of sp³-hybridized carbons (Fsp3) is 0.231. The highest BCUT2D eigenvalue weighted by Crippen LogP contribution is 1.99. The second-order valence-electron chi connectivity index (χ2n) is 3.72. The van der Waals surface area contributed by atoms with Gasteiger partial charge in [-0.1, -0.05) is 11.8 Å². The van der Waals surface area contributed by atoms with Crippen LogP contribution in [-0.2, 0) is 13.6 Å². The van der Waals surface area contributed by atoms with Gasteiger partial charge in [-0.15, -0.1) is 0 Å². The lowest BCUT2D eigenvalue weighted by atomic mass is 10.2. The lowest BCUT2D eigenvalue weighted by Crippen LogP contribution is -2.06. The Morgan fingerprint density at radius 2 is 2.06 bits per heavy atom. The molecule has 2 heterocycles. The van der Waals surface area contributed by atoms with E-state index in [4.69, 9.17) is 0 Å². The Balaban J connectivity index is 2.11. The van der Waals surface area contributed by atoms with Crippen molar-refractivity contribution < 1.29 is 0 Å². The van der Waals surface area contributed by atoms with Crippen LogP contribution in [0.3, 0.4) is 0 Å². The molecule has 0 saturated heterocycles. The van der Waals surface area contributed by atoms with Crippen LogP contribution >= 0.6 is 0 Å². The van der Waals surface area contributed by atoms with Crippen molar-refractivity contribution in [2.75, 3.05) is 7.05 Å². The summed E-state index contributed by atoms with van der Waals surface area (Å²) in [5, 5.41) is 7.11. The van der Waals surface area contributed by atoms with Gasteiger partial charge in [0.25, 0.3) is 0 Å². The zero-order valence-corrected chi connectivity index (χ0v) is 9.94. The number of rotatable bonds is 2. The molecular weight excluding hydrogens is 212 g/mol. The zero-order chi connectivity index (χ0) is 12.1. The maximum Gasteiger partial charge on any atom is 0.0646 e. The van der Waals surface area contributed by atoms with Crippen molar-refractivity contribution in [2.45, 2.75) is 6.54 Å². The molecule has 1 N–H and O–H groups in total. The van der Waals surface area contributed by atoms with Gasteiger partial charge in [-0.05, 0) is 19.2 Å². The van der Waals surface area contributed by atoms with Crippen molar-refractivity contribution in [2.24, 2.45) is 7.05 Å². The second-order valence-corrected chi connectivity index (χ2v) is 3.72. The first-order chi connectivity index (χ1) is 8.28. The first-order valence-corrected chi connectivity index (χ1v) is 5.38. The molecule has 0 unspecified atom stereocenters. The van der Waals surface area contributed by atoms with Gasteiger partial charge in [0, 0.05) is 31.5 Å². The predicted molar refractivity (Wildman–Crippen MR) is 66.2 cm³/mol. The molecule has 2 aromatic rings. The minimum Gasteiger partial charge on any atom is -0.314 e. The van der Waals surface area contributed by atoms with E-state index in [2.05, 4.69) is 27.2 Å². The highest BCUT2D eigenvalue weighted by Gasteiger charge is 1.93. The Hall–Kier alpha value is -2.12. The van der Waals surface area contributed by atoms with Crippen molar-refractivity contribution in [3.63, 3.8) is 0 Å². The number of nitrogens with one attached hydrogen (secondary N) is 1. The van der Waals surface area contributed by atoms with E-state index in [1.165, 1.54) is 0 Å². The van der Waals surface area contributed by atoms with Gasteiger partial charge < -0.3 is 5.32 Å². The van der Waals surface area contributed by atoms with E-state index in [0.29, 0.717) is 0 Å². The van der Waals surface area contributed by atoms with E-state index < -0.39 is 0 Å². The molecule has 0 bridgehead atoms. The van der Waals surface area contributed by atoms with Gasteiger partial charge in [0.05, 0.1) is 17.5 Å². The van der Waals surface area contributed by atoms with E-state index >= 15 is 0 Å². The molecule has 0 aromatic carbocycles. The van der Waals surface area contributed by atoms with E-state index in [0.717, 1.165) is 23.4 Å². The smallest absolute Gasteiger partial charge is 0.0646 e. The van der Waals surface area contributed by atoms with Crippen LogP contribution in [0.5, 0.6) is 0 Å². The highest BCUT2D eigenvalue weighted by atomic mass is 15.2. The van der Waals surface area contributed by atoms with Crippen LogP contribution in [-0.4, -0.2) is 21.8 Å². The number of hydrogen-bond acceptors (Lipinski definition) is 3. The first-order valence-electron chi connectivity index (χ1n) is 5.38. The van der Waals surface area contributed by atoms with Crippen LogP contribution in [0.25, 0.3) is 0 Å². The Kier molecular flexibility index (Phi) is 3.53. The minimum atomic E-state index is 0.774. The Morgan fingerprint density at radius 3 is 2.65 bits per heavy atom. The first kappa shape index (κ1) is 11.4. The maximum atomic E-state index is 4.30. The third kappa shape index (κ3) is 3.16. The fourth-order valence-corrected chi connectivity index (χ4v) is 1.41. The molecule has 0 spiro atoms. The topological polar surface area (TPSA) is 42.7 Å². The van der Waals surface area contributed by atoms with E-state index in [9.17, 15) is 0 Å². The van der Waals surface area contributed by atoms with Gasteiger partial charge in [0.1, 0.15) is 0 Å². The summed E-state index contributed by atoms with van der Waals surface area (Å²) in [5.41, 5.74) is 2.83. The quantitative estimate of drug-likeness (QED) is 0.775. The summed E-state index contributed by atoms with van der Waals surface area (Å²) in [6.45, 7) is 0.774. The molecule has 2 aromatic heterocycles. The number of pyridine rings is 1. The lowest BCUT2D eigenvalue weighted by Gasteiger charge is -1.97. The van der Waals surface area contributed by atoms with Crippen LogP contribution < -0.4 is 5.32 Å². The van der Waals surface area contributed by atoms with Gasteiger partial charge in [-0.3, -0.25) is 9.67 Å². The van der Waals surface area contributed by atoms with Gasteiger partial charge in [0.15, 0.2) is 0 Å².